The molecule has 0 saturated carbocycles. The Balaban J connectivity index is 1.97. The van der Waals surface area contributed by atoms with Gasteiger partial charge in [0, 0.05) is 11.7 Å². The summed E-state index contributed by atoms with van der Waals surface area (Å²) in [6, 6.07) is 18.5. The fourth-order valence-electron chi connectivity index (χ4n) is 1.81. The number of hydrogen-bond donors (Lipinski definition) is 1. The highest BCUT2D eigenvalue weighted by Gasteiger charge is 2.10. The molecule has 94 valence electrons. The molecule has 1 atom stereocenters. The molecule has 0 radical (unpaired) electrons. The van der Waals surface area contributed by atoms with Gasteiger partial charge in [0.05, 0.1) is 6.61 Å². The van der Waals surface area contributed by atoms with Crippen molar-refractivity contribution in [1.29, 1.82) is 0 Å². The summed E-state index contributed by atoms with van der Waals surface area (Å²) in [5.41, 5.74) is 2.52. The van der Waals surface area contributed by atoms with Crippen LogP contribution in [0.3, 0.4) is 0 Å². The number of rotatable bonds is 5. The second-order valence-corrected chi connectivity index (χ2v) is 4.78. The van der Waals surface area contributed by atoms with E-state index in [0.29, 0.717) is 12.5 Å². The third-order valence-corrected chi connectivity index (χ3v) is 3.40. The lowest BCUT2D eigenvalue weighted by atomic mass is 10.0. The van der Waals surface area contributed by atoms with E-state index in [0.717, 1.165) is 11.5 Å². The molecule has 0 aromatic heterocycles. The maximum atomic E-state index is 5.82. The fraction of sp³-hybridized carbons (Fsp3) is 0.250. The van der Waals surface area contributed by atoms with Gasteiger partial charge in [0.1, 0.15) is 5.75 Å². The fourth-order valence-corrected chi connectivity index (χ4v) is 2.13. The van der Waals surface area contributed by atoms with Gasteiger partial charge in [0.25, 0.3) is 0 Å². The predicted octanol–water partition coefficient (Wildman–Crippen LogP) is 4.09. The molecule has 0 N–H and O–H groups in total. The van der Waals surface area contributed by atoms with E-state index in [1.165, 1.54) is 11.1 Å². The van der Waals surface area contributed by atoms with E-state index in [1.54, 1.807) is 0 Å². The Labute approximate surface area is 114 Å². The van der Waals surface area contributed by atoms with Gasteiger partial charge in [-0.05, 0) is 24.6 Å². The third kappa shape index (κ3) is 3.54. The van der Waals surface area contributed by atoms with Crippen LogP contribution < -0.4 is 4.74 Å². The molecule has 0 saturated heterocycles. The molecule has 0 aliphatic heterocycles. The van der Waals surface area contributed by atoms with E-state index in [-0.39, 0.29) is 0 Å². The van der Waals surface area contributed by atoms with E-state index in [2.05, 4.69) is 56.0 Å². The lowest BCUT2D eigenvalue weighted by molar-refractivity contribution is 0.297. The highest BCUT2D eigenvalue weighted by molar-refractivity contribution is 7.80. The zero-order valence-corrected chi connectivity index (χ0v) is 11.4. The molecular formula is C16H18OS. The van der Waals surface area contributed by atoms with E-state index >= 15 is 0 Å². The number of thiol groups is 1. The maximum Gasteiger partial charge on any atom is 0.119 e. The van der Waals surface area contributed by atoms with Crippen molar-refractivity contribution in [3.63, 3.8) is 0 Å². The number of aryl methyl sites for hydroxylation is 1. The molecule has 0 heterocycles. The number of ether oxygens (including phenoxy) is 1. The largest absolute Gasteiger partial charge is 0.493 e. The smallest absolute Gasteiger partial charge is 0.119 e. The Morgan fingerprint density at radius 1 is 1.00 bits per heavy atom. The zero-order valence-electron chi connectivity index (χ0n) is 10.5. The molecule has 0 spiro atoms. The minimum absolute atomic E-state index is 0.329. The van der Waals surface area contributed by atoms with Crippen molar-refractivity contribution in [3.8, 4) is 5.75 Å². The molecule has 2 aromatic rings. The molecule has 2 rings (SSSR count). The van der Waals surface area contributed by atoms with Crippen molar-refractivity contribution >= 4 is 12.6 Å². The van der Waals surface area contributed by atoms with Gasteiger partial charge < -0.3 is 4.74 Å². The summed E-state index contributed by atoms with van der Waals surface area (Å²) in [6.45, 7) is 2.74. The van der Waals surface area contributed by atoms with Gasteiger partial charge in [-0.1, -0.05) is 48.0 Å². The Bertz CT molecular complexity index is 464. The Kier molecular flexibility index (Phi) is 4.71. The molecule has 2 heteroatoms. The third-order valence-electron chi connectivity index (χ3n) is 2.96. The Hall–Kier alpha value is -1.41. The highest BCUT2D eigenvalue weighted by atomic mass is 32.1. The topological polar surface area (TPSA) is 9.23 Å². The molecule has 1 unspecified atom stereocenters. The second-order valence-electron chi connectivity index (χ2n) is 4.41. The molecule has 0 aliphatic carbocycles. The predicted molar refractivity (Wildman–Crippen MR) is 79.7 cm³/mol. The molecule has 0 bridgehead atoms. The van der Waals surface area contributed by atoms with Gasteiger partial charge in [-0.2, -0.15) is 12.6 Å². The van der Waals surface area contributed by atoms with Gasteiger partial charge in [-0.3, -0.25) is 0 Å². The minimum Gasteiger partial charge on any atom is -0.493 e. The first-order valence-electron chi connectivity index (χ1n) is 6.15. The van der Waals surface area contributed by atoms with Crippen molar-refractivity contribution in [2.45, 2.75) is 12.8 Å². The van der Waals surface area contributed by atoms with Crippen LogP contribution in [0.4, 0.5) is 0 Å². The van der Waals surface area contributed by atoms with E-state index in [4.69, 9.17) is 4.74 Å². The van der Waals surface area contributed by atoms with Crippen LogP contribution in [0.1, 0.15) is 17.0 Å². The summed E-state index contributed by atoms with van der Waals surface area (Å²) < 4.78 is 5.82. The van der Waals surface area contributed by atoms with Gasteiger partial charge in [0.15, 0.2) is 0 Å². The van der Waals surface area contributed by atoms with Crippen molar-refractivity contribution in [2.75, 3.05) is 12.4 Å². The molecule has 0 aliphatic rings. The van der Waals surface area contributed by atoms with E-state index < -0.39 is 0 Å². The first kappa shape index (κ1) is 13.0. The molecular weight excluding hydrogens is 240 g/mol. The minimum atomic E-state index is 0.329. The van der Waals surface area contributed by atoms with Gasteiger partial charge in [-0.25, -0.2) is 0 Å². The monoisotopic (exact) mass is 258 g/mol. The lowest BCUT2D eigenvalue weighted by Crippen LogP contribution is -2.11. The average Bonchev–Trinajstić information content (AvgIpc) is 2.43. The summed E-state index contributed by atoms with van der Waals surface area (Å²) in [4.78, 5) is 0. The molecule has 18 heavy (non-hydrogen) atoms. The van der Waals surface area contributed by atoms with Crippen molar-refractivity contribution in [3.05, 3.63) is 65.7 Å². The van der Waals surface area contributed by atoms with Crippen LogP contribution in [0, 0.1) is 6.92 Å². The maximum absolute atomic E-state index is 5.82. The Morgan fingerprint density at radius 2 is 1.67 bits per heavy atom. The van der Waals surface area contributed by atoms with E-state index in [9.17, 15) is 0 Å². The van der Waals surface area contributed by atoms with Crippen molar-refractivity contribution < 1.29 is 4.74 Å². The molecule has 2 aromatic carbocycles. The van der Waals surface area contributed by atoms with Crippen LogP contribution in [0.15, 0.2) is 54.6 Å². The Morgan fingerprint density at radius 3 is 2.28 bits per heavy atom. The molecule has 0 fully saturated rings. The first-order chi connectivity index (χ1) is 8.79. The summed E-state index contributed by atoms with van der Waals surface area (Å²) in [5.74, 6) is 2.04. The van der Waals surface area contributed by atoms with Crippen LogP contribution in [0.2, 0.25) is 0 Å². The lowest BCUT2D eigenvalue weighted by Gasteiger charge is -2.16. The van der Waals surface area contributed by atoms with Crippen molar-refractivity contribution in [1.82, 2.24) is 0 Å². The number of hydrogen-bond acceptors (Lipinski definition) is 2. The summed E-state index contributed by atoms with van der Waals surface area (Å²) >= 11 is 4.41. The van der Waals surface area contributed by atoms with Crippen LogP contribution in [-0.2, 0) is 0 Å². The van der Waals surface area contributed by atoms with Gasteiger partial charge >= 0.3 is 0 Å². The zero-order chi connectivity index (χ0) is 12.8. The number of benzene rings is 2. The summed E-state index contributed by atoms with van der Waals surface area (Å²) in [7, 11) is 0. The standard InChI is InChI=1S/C16H18OS/c1-13-7-9-16(10-8-13)17-11-15(12-18)14-5-3-2-4-6-14/h2-10,15,18H,11-12H2,1H3. The summed E-state index contributed by atoms with van der Waals surface area (Å²) in [5, 5.41) is 0. The van der Waals surface area contributed by atoms with Crippen LogP contribution >= 0.6 is 12.6 Å². The van der Waals surface area contributed by atoms with Crippen LogP contribution in [0.5, 0.6) is 5.75 Å². The van der Waals surface area contributed by atoms with Crippen LogP contribution in [-0.4, -0.2) is 12.4 Å². The van der Waals surface area contributed by atoms with Crippen LogP contribution in [0.25, 0.3) is 0 Å². The summed E-state index contributed by atoms with van der Waals surface area (Å²) in [6.07, 6.45) is 0. The van der Waals surface area contributed by atoms with Crippen molar-refractivity contribution in [2.24, 2.45) is 0 Å². The second kappa shape index (κ2) is 6.50. The first-order valence-corrected chi connectivity index (χ1v) is 6.78. The normalized spacial score (nSPS) is 12.1. The average molecular weight is 258 g/mol. The van der Waals surface area contributed by atoms with Gasteiger partial charge in [-0.15, -0.1) is 0 Å². The molecule has 1 nitrogen and oxygen atoms in total. The SMILES string of the molecule is Cc1ccc(OCC(CS)c2ccccc2)cc1. The van der Waals surface area contributed by atoms with E-state index in [1.807, 2.05) is 18.2 Å². The molecule has 0 amide bonds. The quantitative estimate of drug-likeness (QED) is 0.795. The highest BCUT2D eigenvalue weighted by Crippen LogP contribution is 2.19. The van der Waals surface area contributed by atoms with Gasteiger partial charge in [0.2, 0.25) is 0 Å².